The van der Waals surface area contributed by atoms with Crippen LogP contribution in [0.5, 0.6) is 0 Å². The maximum atomic E-state index is 12.5. The summed E-state index contributed by atoms with van der Waals surface area (Å²) in [7, 11) is 0. The minimum absolute atomic E-state index is 0.00611. The van der Waals surface area contributed by atoms with Gasteiger partial charge in [-0.2, -0.15) is 0 Å². The number of nitrogens with zero attached hydrogens (tertiary/aromatic N) is 3. The average molecular weight is 490 g/mol. The van der Waals surface area contributed by atoms with E-state index in [1.807, 2.05) is 0 Å². The monoisotopic (exact) mass is 489 g/mol. The quantitative estimate of drug-likeness (QED) is 0.240. The maximum absolute atomic E-state index is 12.5. The summed E-state index contributed by atoms with van der Waals surface area (Å²) in [6.45, 7) is 0. The zero-order valence-electron chi connectivity index (χ0n) is 15.9. The molecule has 0 radical (unpaired) electrons. The highest BCUT2D eigenvalue weighted by Gasteiger charge is 2.14. The van der Waals surface area contributed by atoms with E-state index in [2.05, 4.69) is 15.3 Å². The summed E-state index contributed by atoms with van der Waals surface area (Å²) >= 11 is 8.32. The van der Waals surface area contributed by atoms with Crippen LogP contribution in [0.1, 0.15) is 0 Å². The Morgan fingerprint density at radius 2 is 1.97 bits per heavy atom. The molecule has 0 bridgehead atoms. The van der Waals surface area contributed by atoms with Crippen molar-refractivity contribution < 1.29 is 9.72 Å². The molecule has 2 aromatic heterocycles. The number of nitro benzene ring substituents is 1. The van der Waals surface area contributed by atoms with Crippen LogP contribution in [-0.4, -0.2) is 31.1 Å². The molecule has 2 N–H and O–H groups in total. The number of aromatic nitrogens is 3. The second-order valence-corrected chi connectivity index (χ2v) is 9.05. The predicted molar refractivity (Wildman–Crippen MR) is 123 cm³/mol. The Kier molecular flexibility index (Phi) is 6.08. The number of carbonyl (C=O) groups excluding carboxylic acids is 1. The van der Waals surface area contributed by atoms with Crippen LogP contribution in [0.25, 0.3) is 15.9 Å². The summed E-state index contributed by atoms with van der Waals surface area (Å²) in [5.41, 5.74) is -0.553. The second kappa shape index (κ2) is 8.94. The first-order chi connectivity index (χ1) is 15.3. The van der Waals surface area contributed by atoms with E-state index in [0.29, 0.717) is 20.6 Å². The van der Waals surface area contributed by atoms with Crippen molar-refractivity contribution in [2.75, 3.05) is 11.1 Å². The van der Waals surface area contributed by atoms with E-state index >= 15 is 0 Å². The molecular weight excluding hydrogens is 478 g/mol. The van der Waals surface area contributed by atoms with E-state index in [1.165, 1.54) is 23.5 Å². The molecule has 13 heteroatoms. The topological polar surface area (TPSA) is 140 Å². The number of nitrogens with one attached hydrogen (secondary N) is 2. The van der Waals surface area contributed by atoms with E-state index in [4.69, 9.17) is 11.6 Å². The number of thioether (sulfide) groups is 1. The van der Waals surface area contributed by atoms with E-state index < -0.39 is 22.1 Å². The third-order valence-corrected chi connectivity index (χ3v) is 6.61. The molecule has 0 unspecified atom stereocenters. The molecule has 10 nitrogen and oxygen atoms in total. The number of thiazole rings is 1. The Bertz CT molecular complexity index is 1460. The van der Waals surface area contributed by atoms with Gasteiger partial charge in [-0.3, -0.25) is 24.7 Å². The highest BCUT2D eigenvalue weighted by Crippen LogP contribution is 2.31. The van der Waals surface area contributed by atoms with Gasteiger partial charge in [-0.1, -0.05) is 23.4 Å². The molecule has 0 atom stereocenters. The van der Waals surface area contributed by atoms with Gasteiger partial charge in [-0.15, -0.1) is 11.3 Å². The fraction of sp³-hybridized carbons (Fsp3) is 0.0526. The van der Waals surface area contributed by atoms with Crippen LogP contribution >= 0.6 is 34.7 Å². The number of benzene rings is 2. The Morgan fingerprint density at radius 1 is 1.22 bits per heavy atom. The molecule has 4 aromatic rings. The zero-order valence-corrected chi connectivity index (χ0v) is 18.3. The molecule has 2 aromatic carbocycles. The number of H-pyrrole nitrogens is 1. The van der Waals surface area contributed by atoms with Crippen LogP contribution in [0, 0.1) is 10.1 Å². The van der Waals surface area contributed by atoms with Crippen molar-refractivity contribution in [1.82, 2.24) is 14.5 Å². The minimum Gasteiger partial charge on any atom is -0.311 e. The van der Waals surface area contributed by atoms with Gasteiger partial charge in [0.1, 0.15) is 5.82 Å². The lowest BCUT2D eigenvalue weighted by molar-refractivity contribution is -0.384. The number of amides is 1. The van der Waals surface area contributed by atoms with Crippen LogP contribution in [0.3, 0.4) is 0 Å². The van der Waals surface area contributed by atoms with Gasteiger partial charge in [0, 0.05) is 23.2 Å². The van der Waals surface area contributed by atoms with Gasteiger partial charge < -0.3 is 5.32 Å². The SMILES string of the molecule is O=C(CSc1nc2cc([N+](=O)[O-])ccc2s1)Nc1cc(=O)[nH]c(=O)n1-c1ccc(Cl)cc1. The predicted octanol–water partition coefficient (Wildman–Crippen LogP) is 3.43. The van der Waals surface area contributed by atoms with Crippen LogP contribution in [0.15, 0.2) is 62.5 Å². The number of nitro groups is 1. The van der Waals surface area contributed by atoms with Crippen LogP contribution in [0.4, 0.5) is 11.5 Å². The first kappa shape index (κ1) is 21.7. The largest absolute Gasteiger partial charge is 0.334 e. The molecule has 0 aliphatic rings. The highest BCUT2D eigenvalue weighted by molar-refractivity contribution is 8.01. The van der Waals surface area contributed by atoms with Crippen molar-refractivity contribution in [2.24, 2.45) is 0 Å². The van der Waals surface area contributed by atoms with Gasteiger partial charge in [0.25, 0.3) is 11.2 Å². The standard InChI is InChI=1S/C19H12ClN5O5S2/c20-10-1-3-11(4-2-10)24-15(8-16(26)23-18(24)28)22-17(27)9-31-19-21-13-7-12(25(29)30)5-6-14(13)32-19/h1-8H,9H2,(H,22,27)(H,23,26,28). The van der Waals surface area contributed by atoms with E-state index in [9.17, 15) is 24.5 Å². The molecule has 0 aliphatic heterocycles. The number of rotatable bonds is 6. The van der Waals surface area contributed by atoms with Crippen LogP contribution in [-0.2, 0) is 4.79 Å². The molecular formula is C19H12ClN5O5S2. The Balaban J connectivity index is 1.53. The molecule has 1 amide bonds. The number of anilines is 1. The summed E-state index contributed by atoms with van der Waals surface area (Å²) in [5.74, 6) is -0.511. The van der Waals surface area contributed by atoms with Crippen molar-refractivity contribution in [3.05, 3.63) is 84.5 Å². The number of hydrogen-bond acceptors (Lipinski definition) is 8. The van der Waals surface area contributed by atoms with Gasteiger partial charge in [0.05, 0.1) is 26.6 Å². The van der Waals surface area contributed by atoms with Gasteiger partial charge in [0.15, 0.2) is 4.34 Å². The van der Waals surface area contributed by atoms with Gasteiger partial charge in [-0.25, -0.2) is 14.3 Å². The van der Waals surface area contributed by atoms with Crippen molar-refractivity contribution in [3.63, 3.8) is 0 Å². The number of halogens is 1. The number of fused-ring (bicyclic) bond motifs is 1. The first-order valence-corrected chi connectivity index (χ1v) is 11.1. The van der Waals surface area contributed by atoms with Gasteiger partial charge in [0.2, 0.25) is 5.91 Å². The fourth-order valence-electron chi connectivity index (χ4n) is 2.81. The fourth-order valence-corrected chi connectivity index (χ4v) is 4.78. The molecule has 2 heterocycles. The first-order valence-electron chi connectivity index (χ1n) is 8.90. The summed E-state index contributed by atoms with van der Waals surface area (Å²) in [4.78, 5) is 53.5. The molecule has 32 heavy (non-hydrogen) atoms. The molecule has 4 rings (SSSR count). The average Bonchev–Trinajstić information content (AvgIpc) is 3.15. The Labute approximate surface area is 192 Å². The van der Waals surface area contributed by atoms with Crippen molar-refractivity contribution in [3.8, 4) is 5.69 Å². The maximum Gasteiger partial charge on any atom is 0.334 e. The molecule has 0 spiro atoms. The lowest BCUT2D eigenvalue weighted by atomic mass is 10.3. The van der Waals surface area contributed by atoms with Crippen molar-refractivity contribution in [1.29, 1.82) is 0 Å². The number of aromatic amines is 1. The Hall–Kier alpha value is -3.48. The normalized spacial score (nSPS) is 10.9. The van der Waals surface area contributed by atoms with Gasteiger partial charge >= 0.3 is 5.69 Å². The van der Waals surface area contributed by atoms with Crippen LogP contribution in [0.2, 0.25) is 5.02 Å². The summed E-state index contributed by atoms with van der Waals surface area (Å²) in [6.07, 6.45) is 0. The lowest BCUT2D eigenvalue weighted by Gasteiger charge is -2.12. The lowest BCUT2D eigenvalue weighted by Crippen LogP contribution is -2.32. The minimum atomic E-state index is -0.712. The number of carbonyl (C=O) groups is 1. The summed E-state index contributed by atoms with van der Waals surface area (Å²) in [6, 6.07) is 11.8. The van der Waals surface area contributed by atoms with E-state index in [-0.39, 0.29) is 17.3 Å². The summed E-state index contributed by atoms with van der Waals surface area (Å²) < 4.78 is 2.46. The second-order valence-electron chi connectivity index (χ2n) is 6.36. The smallest absolute Gasteiger partial charge is 0.311 e. The van der Waals surface area contributed by atoms with Crippen molar-refractivity contribution >= 4 is 62.3 Å². The Morgan fingerprint density at radius 3 is 2.69 bits per heavy atom. The third-order valence-electron chi connectivity index (χ3n) is 4.18. The summed E-state index contributed by atoms with van der Waals surface area (Å²) in [5, 5.41) is 13.9. The third kappa shape index (κ3) is 4.72. The van der Waals surface area contributed by atoms with Gasteiger partial charge in [-0.05, 0) is 30.3 Å². The molecule has 0 saturated carbocycles. The molecule has 0 aliphatic carbocycles. The van der Waals surface area contributed by atoms with E-state index in [0.717, 1.165) is 27.1 Å². The van der Waals surface area contributed by atoms with Crippen molar-refractivity contribution in [2.45, 2.75) is 4.34 Å². The number of hydrogen-bond donors (Lipinski definition) is 2. The van der Waals surface area contributed by atoms with E-state index in [1.54, 1.807) is 30.3 Å². The molecule has 0 fully saturated rings. The molecule has 162 valence electrons. The highest BCUT2D eigenvalue weighted by atomic mass is 35.5. The number of non-ortho nitro benzene ring substituents is 1. The zero-order chi connectivity index (χ0) is 22.8. The van der Waals surface area contributed by atoms with Crippen LogP contribution < -0.4 is 16.6 Å². The molecule has 0 saturated heterocycles.